The van der Waals surface area contributed by atoms with Crippen molar-refractivity contribution in [1.82, 2.24) is 9.78 Å². The Labute approximate surface area is 90.7 Å². The second-order valence-corrected chi connectivity index (χ2v) is 4.22. The maximum Gasteiger partial charge on any atom is 0.145 e. The minimum absolute atomic E-state index is 0. The molecule has 5 nitrogen and oxygen atoms in total. The molecule has 6 heteroatoms. The van der Waals surface area contributed by atoms with E-state index in [1.54, 1.807) is 10.9 Å². The van der Waals surface area contributed by atoms with Gasteiger partial charge in [-0.1, -0.05) is 0 Å². The van der Waals surface area contributed by atoms with Gasteiger partial charge in [0.05, 0.1) is 46.1 Å². The third kappa shape index (κ3) is 3.43. The number of nitrogens with zero attached hydrogens (tertiary/aromatic N) is 3. The summed E-state index contributed by atoms with van der Waals surface area (Å²) in [5.41, 5.74) is 11.8. The number of likely N-dealkylation sites (N-methyl/N-ethyl adjacent to an activating group) is 1. The van der Waals surface area contributed by atoms with Crippen LogP contribution < -0.4 is 23.9 Å². The average molecular weight is 220 g/mol. The van der Waals surface area contributed by atoms with Gasteiger partial charge in [-0.25, -0.2) is 4.68 Å². The first-order chi connectivity index (χ1) is 5.90. The van der Waals surface area contributed by atoms with E-state index in [1.165, 1.54) is 0 Å². The molecule has 0 aliphatic rings. The molecule has 0 aliphatic carbocycles. The second-order valence-electron chi connectivity index (χ2n) is 4.22. The van der Waals surface area contributed by atoms with E-state index in [0.717, 1.165) is 17.6 Å². The Kier molecular flexibility index (Phi) is 4.22. The van der Waals surface area contributed by atoms with E-state index in [4.69, 9.17) is 11.5 Å². The van der Waals surface area contributed by atoms with Crippen LogP contribution in [0, 0.1) is 0 Å². The van der Waals surface area contributed by atoms with Crippen LogP contribution in [-0.4, -0.2) is 42.0 Å². The summed E-state index contributed by atoms with van der Waals surface area (Å²) < 4.78 is 2.62. The van der Waals surface area contributed by atoms with Crippen LogP contribution in [0.5, 0.6) is 0 Å². The number of halogens is 1. The molecule has 0 atom stereocenters. The lowest BCUT2D eigenvalue weighted by Gasteiger charge is -2.23. The Balaban J connectivity index is 0.00000169. The van der Waals surface area contributed by atoms with Crippen molar-refractivity contribution < 1.29 is 16.9 Å². The highest BCUT2D eigenvalue weighted by atomic mass is 35.5. The zero-order chi connectivity index (χ0) is 10.1. The van der Waals surface area contributed by atoms with Crippen LogP contribution in [0.1, 0.15) is 0 Å². The smallest absolute Gasteiger partial charge is 0.145 e. The summed E-state index contributed by atoms with van der Waals surface area (Å²) in [6, 6.07) is 0. The fourth-order valence-electron chi connectivity index (χ4n) is 0.982. The van der Waals surface area contributed by atoms with Crippen molar-refractivity contribution >= 4 is 11.5 Å². The number of quaternary nitrogens is 1. The molecule has 0 fully saturated rings. The number of aromatic nitrogens is 2. The van der Waals surface area contributed by atoms with Crippen molar-refractivity contribution in [2.45, 2.75) is 6.54 Å². The first kappa shape index (κ1) is 13.1. The molecule has 4 N–H and O–H groups in total. The molecule has 1 heterocycles. The summed E-state index contributed by atoms with van der Waals surface area (Å²) in [7, 11) is 6.38. The number of anilines is 2. The van der Waals surface area contributed by atoms with E-state index in [9.17, 15) is 0 Å². The number of rotatable bonds is 3. The van der Waals surface area contributed by atoms with E-state index >= 15 is 0 Å². The lowest BCUT2D eigenvalue weighted by atomic mass is 10.5. The molecule has 1 rings (SSSR count). The fourth-order valence-corrected chi connectivity index (χ4v) is 0.982. The van der Waals surface area contributed by atoms with E-state index in [0.29, 0.717) is 11.5 Å². The SMILES string of the molecule is C[N+](C)(C)CCn1ncc(N)c1N.[Cl-]. The maximum atomic E-state index is 5.70. The van der Waals surface area contributed by atoms with Gasteiger partial charge in [-0.05, 0) is 0 Å². The van der Waals surface area contributed by atoms with Crippen molar-refractivity contribution in [2.24, 2.45) is 0 Å². The monoisotopic (exact) mass is 219 g/mol. The van der Waals surface area contributed by atoms with Crippen molar-refractivity contribution in [3.05, 3.63) is 6.20 Å². The molecule has 1 aromatic heterocycles. The summed E-state index contributed by atoms with van der Waals surface area (Å²) in [6.45, 7) is 1.78. The van der Waals surface area contributed by atoms with Gasteiger partial charge < -0.3 is 28.4 Å². The van der Waals surface area contributed by atoms with Gasteiger partial charge in [0.1, 0.15) is 5.82 Å². The second kappa shape index (κ2) is 4.52. The molecule has 82 valence electrons. The van der Waals surface area contributed by atoms with E-state index in [2.05, 4.69) is 26.2 Å². The number of hydrogen-bond donors (Lipinski definition) is 2. The molecule has 0 unspecified atom stereocenters. The van der Waals surface area contributed by atoms with Crippen LogP contribution in [0.4, 0.5) is 11.5 Å². The number of hydrogen-bond acceptors (Lipinski definition) is 3. The molecule has 0 radical (unpaired) electrons. The van der Waals surface area contributed by atoms with Crippen LogP contribution >= 0.6 is 0 Å². The summed E-state index contributed by atoms with van der Waals surface area (Å²) in [5, 5.41) is 4.08. The highest BCUT2D eigenvalue weighted by Crippen LogP contribution is 2.12. The maximum absolute atomic E-state index is 5.70. The quantitative estimate of drug-likeness (QED) is 0.525. The minimum Gasteiger partial charge on any atom is -1.00 e. The number of nitrogens with two attached hydrogens (primary N) is 2. The number of nitrogen functional groups attached to an aromatic ring is 2. The lowest BCUT2D eigenvalue weighted by Crippen LogP contribution is -3.00. The molecule has 0 saturated carbocycles. The summed E-state index contributed by atoms with van der Waals surface area (Å²) in [6.07, 6.45) is 1.59. The van der Waals surface area contributed by atoms with Gasteiger partial charge in [-0.2, -0.15) is 5.10 Å². The van der Waals surface area contributed by atoms with Crippen molar-refractivity contribution in [1.29, 1.82) is 0 Å². The van der Waals surface area contributed by atoms with Gasteiger partial charge in [-0.3, -0.25) is 0 Å². The Morgan fingerprint density at radius 2 is 1.93 bits per heavy atom. The third-order valence-corrected chi connectivity index (χ3v) is 1.89. The Bertz CT molecular complexity index is 288. The summed E-state index contributed by atoms with van der Waals surface area (Å²) in [5.74, 6) is 0.563. The van der Waals surface area contributed by atoms with E-state index in [1.807, 2.05) is 0 Å². The van der Waals surface area contributed by atoms with Crippen molar-refractivity contribution in [3.8, 4) is 0 Å². The average Bonchev–Trinajstić information content (AvgIpc) is 2.29. The van der Waals surface area contributed by atoms with E-state index < -0.39 is 0 Å². The normalized spacial score (nSPS) is 11.1. The predicted molar refractivity (Wildman–Crippen MR) is 54.0 cm³/mol. The highest BCUT2D eigenvalue weighted by Gasteiger charge is 2.09. The molecule has 1 aromatic rings. The van der Waals surface area contributed by atoms with E-state index in [-0.39, 0.29) is 12.4 Å². The lowest BCUT2D eigenvalue weighted by molar-refractivity contribution is -0.871. The van der Waals surface area contributed by atoms with Gasteiger partial charge in [-0.15, -0.1) is 0 Å². The standard InChI is InChI=1S/C8H18N5.ClH/c1-13(2,3)5-4-12-8(10)7(9)6-11-12;/h6H,4-5,9-10H2,1-3H3;1H/q+1;/p-1. The molecule has 0 aliphatic heterocycles. The minimum atomic E-state index is 0. The summed E-state index contributed by atoms with van der Waals surface area (Å²) in [4.78, 5) is 0. The van der Waals surface area contributed by atoms with Gasteiger partial charge in [0.15, 0.2) is 0 Å². The molecule has 0 aromatic carbocycles. The van der Waals surface area contributed by atoms with Crippen LogP contribution in [0.2, 0.25) is 0 Å². The fraction of sp³-hybridized carbons (Fsp3) is 0.625. The van der Waals surface area contributed by atoms with Gasteiger partial charge in [0.25, 0.3) is 0 Å². The highest BCUT2D eigenvalue weighted by molar-refractivity contribution is 5.56. The van der Waals surface area contributed by atoms with Crippen LogP contribution in [0.3, 0.4) is 0 Å². The Hall–Kier alpha value is -0.940. The summed E-state index contributed by atoms with van der Waals surface area (Å²) >= 11 is 0. The van der Waals surface area contributed by atoms with Gasteiger partial charge in [0, 0.05) is 0 Å². The third-order valence-electron chi connectivity index (χ3n) is 1.89. The zero-order valence-electron chi connectivity index (χ0n) is 8.87. The van der Waals surface area contributed by atoms with Crippen molar-refractivity contribution in [3.63, 3.8) is 0 Å². The topological polar surface area (TPSA) is 69.9 Å². The molecular weight excluding hydrogens is 202 g/mol. The van der Waals surface area contributed by atoms with Crippen LogP contribution in [0.25, 0.3) is 0 Å². The Morgan fingerprint density at radius 3 is 2.29 bits per heavy atom. The molecule has 14 heavy (non-hydrogen) atoms. The Morgan fingerprint density at radius 1 is 1.36 bits per heavy atom. The van der Waals surface area contributed by atoms with Gasteiger partial charge in [0.2, 0.25) is 0 Å². The largest absolute Gasteiger partial charge is 1.00 e. The molecule has 0 bridgehead atoms. The first-order valence-electron chi connectivity index (χ1n) is 4.27. The van der Waals surface area contributed by atoms with Crippen LogP contribution in [-0.2, 0) is 6.54 Å². The molecule has 0 spiro atoms. The van der Waals surface area contributed by atoms with Gasteiger partial charge >= 0.3 is 0 Å². The molecule has 0 saturated heterocycles. The van der Waals surface area contributed by atoms with Crippen molar-refractivity contribution in [2.75, 3.05) is 39.2 Å². The molecular formula is C8H18ClN5. The predicted octanol–water partition coefficient (Wildman–Crippen LogP) is -3.24. The zero-order valence-corrected chi connectivity index (χ0v) is 9.62. The van der Waals surface area contributed by atoms with Crippen LogP contribution in [0.15, 0.2) is 6.20 Å². The molecule has 0 amide bonds. The first-order valence-corrected chi connectivity index (χ1v) is 4.27.